The van der Waals surface area contributed by atoms with E-state index in [1.165, 1.54) is 30.3 Å². The van der Waals surface area contributed by atoms with E-state index in [1.54, 1.807) is 6.07 Å². The number of para-hydroxylation sites is 1. The average molecular weight is 433 g/mol. The van der Waals surface area contributed by atoms with Gasteiger partial charge >= 0.3 is 6.18 Å². The molecule has 8 heteroatoms. The quantitative estimate of drug-likeness (QED) is 0.368. The molecule has 0 saturated carbocycles. The average Bonchev–Trinajstić information content (AvgIpc) is 2.69. The minimum Gasteiger partial charge on any atom is -0.508 e. The van der Waals surface area contributed by atoms with Gasteiger partial charge in [-0.15, -0.1) is 0 Å². The summed E-state index contributed by atoms with van der Waals surface area (Å²) >= 11 is 0. The molecule has 0 saturated heterocycles. The van der Waals surface area contributed by atoms with Gasteiger partial charge in [-0.25, -0.2) is 13.2 Å². The highest BCUT2D eigenvalue weighted by Gasteiger charge is 2.33. The molecule has 3 aromatic carbocycles. The smallest absolute Gasteiger partial charge is 0.418 e. The lowest BCUT2D eigenvalue weighted by Crippen LogP contribution is -2.08. The van der Waals surface area contributed by atoms with E-state index in [-0.39, 0.29) is 34.2 Å². The summed E-state index contributed by atoms with van der Waals surface area (Å²) in [5.41, 5.74) is -0.966. The molecular formula is C23H13F6NO. The number of aromatic hydroxyl groups is 1. The fraction of sp³-hybridized carbons (Fsp3) is 0.0870. The number of benzene rings is 3. The molecular weight excluding hydrogens is 420 g/mol. The molecule has 1 heterocycles. The van der Waals surface area contributed by atoms with Crippen LogP contribution in [-0.2, 0) is 12.6 Å². The van der Waals surface area contributed by atoms with E-state index in [4.69, 9.17) is 0 Å². The zero-order valence-corrected chi connectivity index (χ0v) is 15.6. The zero-order valence-electron chi connectivity index (χ0n) is 15.6. The molecule has 4 rings (SSSR count). The van der Waals surface area contributed by atoms with E-state index in [0.29, 0.717) is 17.7 Å². The Kier molecular flexibility index (Phi) is 5.08. The topological polar surface area (TPSA) is 33.1 Å². The molecule has 1 N–H and O–H groups in total. The first kappa shape index (κ1) is 20.7. The molecule has 0 fully saturated rings. The monoisotopic (exact) mass is 433 g/mol. The van der Waals surface area contributed by atoms with Crippen molar-refractivity contribution in [2.75, 3.05) is 0 Å². The number of aromatic nitrogens is 1. The van der Waals surface area contributed by atoms with Gasteiger partial charge in [0.05, 0.1) is 11.1 Å². The van der Waals surface area contributed by atoms with Gasteiger partial charge in [0.1, 0.15) is 23.2 Å². The number of fused-ring (bicyclic) bond motifs is 1. The van der Waals surface area contributed by atoms with Crippen molar-refractivity contribution in [2.24, 2.45) is 0 Å². The highest BCUT2D eigenvalue weighted by molar-refractivity contribution is 5.98. The Bertz CT molecular complexity index is 1280. The van der Waals surface area contributed by atoms with Gasteiger partial charge in [-0.1, -0.05) is 24.3 Å². The molecule has 0 spiro atoms. The lowest BCUT2D eigenvalue weighted by atomic mass is 9.91. The van der Waals surface area contributed by atoms with E-state index in [0.717, 1.165) is 12.3 Å². The summed E-state index contributed by atoms with van der Waals surface area (Å²) in [5.74, 6) is -3.47. The lowest BCUT2D eigenvalue weighted by molar-refractivity contribution is -0.136. The van der Waals surface area contributed by atoms with E-state index >= 15 is 0 Å². The highest BCUT2D eigenvalue weighted by atomic mass is 19.4. The van der Waals surface area contributed by atoms with Crippen LogP contribution in [0.4, 0.5) is 26.3 Å². The minimum atomic E-state index is -4.67. The molecule has 1 aromatic heterocycles. The fourth-order valence-corrected chi connectivity index (χ4v) is 3.56. The minimum absolute atomic E-state index is 0.0980. The van der Waals surface area contributed by atoms with Crippen LogP contribution in [0.15, 0.2) is 60.8 Å². The first-order chi connectivity index (χ1) is 14.6. The predicted molar refractivity (Wildman–Crippen MR) is 103 cm³/mol. The molecule has 0 aliphatic carbocycles. The van der Waals surface area contributed by atoms with Crippen molar-refractivity contribution in [3.63, 3.8) is 0 Å². The van der Waals surface area contributed by atoms with E-state index in [1.807, 2.05) is 0 Å². The third-order valence-electron chi connectivity index (χ3n) is 4.89. The number of rotatable bonds is 3. The molecule has 0 amide bonds. The number of alkyl halides is 3. The SMILES string of the molecule is Oc1cccc(-c2c(Cc3c(F)cc(F)cc3F)cnc3c(C(F)(F)F)cccc23)c1. The zero-order chi connectivity index (χ0) is 22.3. The van der Waals surface area contributed by atoms with E-state index in [2.05, 4.69) is 4.98 Å². The van der Waals surface area contributed by atoms with Crippen molar-refractivity contribution in [1.82, 2.24) is 4.98 Å². The Labute approximate surface area is 172 Å². The van der Waals surface area contributed by atoms with Crippen molar-refractivity contribution in [2.45, 2.75) is 12.6 Å². The summed E-state index contributed by atoms with van der Waals surface area (Å²) in [7, 11) is 0. The van der Waals surface area contributed by atoms with Crippen molar-refractivity contribution >= 4 is 10.9 Å². The van der Waals surface area contributed by atoms with Crippen molar-refractivity contribution in [3.05, 3.63) is 94.9 Å². The summed E-state index contributed by atoms with van der Waals surface area (Å²) in [6.07, 6.45) is -3.94. The molecule has 31 heavy (non-hydrogen) atoms. The third-order valence-corrected chi connectivity index (χ3v) is 4.89. The largest absolute Gasteiger partial charge is 0.508 e. The molecule has 0 radical (unpaired) electrons. The Morgan fingerprint density at radius 2 is 1.55 bits per heavy atom. The molecule has 158 valence electrons. The van der Waals surface area contributed by atoms with Crippen LogP contribution >= 0.6 is 0 Å². The molecule has 2 nitrogen and oxygen atoms in total. The van der Waals surface area contributed by atoms with Gasteiger partial charge in [-0.05, 0) is 34.9 Å². The predicted octanol–water partition coefficient (Wildman–Crippen LogP) is 6.63. The van der Waals surface area contributed by atoms with Crippen LogP contribution < -0.4 is 0 Å². The molecule has 0 atom stereocenters. The van der Waals surface area contributed by atoms with Gasteiger partial charge in [0.15, 0.2) is 0 Å². The van der Waals surface area contributed by atoms with E-state index < -0.39 is 34.8 Å². The number of halogens is 6. The van der Waals surface area contributed by atoms with Crippen LogP contribution in [0.2, 0.25) is 0 Å². The summed E-state index contributed by atoms with van der Waals surface area (Å²) in [6, 6.07) is 10.3. The second-order valence-corrected chi connectivity index (χ2v) is 6.93. The van der Waals surface area contributed by atoms with Gasteiger partial charge in [0.25, 0.3) is 0 Å². The van der Waals surface area contributed by atoms with Crippen LogP contribution in [0.3, 0.4) is 0 Å². The van der Waals surface area contributed by atoms with Gasteiger partial charge in [0.2, 0.25) is 0 Å². The Morgan fingerprint density at radius 3 is 2.19 bits per heavy atom. The highest BCUT2D eigenvalue weighted by Crippen LogP contribution is 2.39. The van der Waals surface area contributed by atoms with Crippen molar-refractivity contribution < 1.29 is 31.4 Å². The van der Waals surface area contributed by atoms with Crippen LogP contribution in [0.1, 0.15) is 16.7 Å². The first-order valence-electron chi connectivity index (χ1n) is 9.06. The molecule has 0 bridgehead atoms. The molecule has 0 aliphatic rings. The summed E-state index contributed by atoms with van der Waals surface area (Å²) in [5, 5.41) is 9.97. The second kappa shape index (κ2) is 7.61. The fourth-order valence-electron chi connectivity index (χ4n) is 3.56. The van der Waals surface area contributed by atoms with Gasteiger partial charge in [0, 0.05) is 35.7 Å². The number of hydrogen-bond acceptors (Lipinski definition) is 2. The molecule has 0 aliphatic heterocycles. The van der Waals surface area contributed by atoms with Crippen LogP contribution in [-0.4, -0.2) is 10.1 Å². The standard InChI is InChI=1S/C23H13F6NO/c24-14-9-19(25)17(20(26)10-14)8-13-11-30-22-16(5-2-6-18(22)23(27,28)29)21(13)12-3-1-4-15(31)7-12/h1-7,9-11,31H,8H2. The second-order valence-electron chi connectivity index (χ2n) is 6.93. The summed E-state index contributed by atoms with van der Waals surface area (Å²) < 4.78 is 82.2. The van der Waals surface area contributed by atoms with Crippen LogP contribution in [0, 0.1) is 17.5 Å². The molecule has 4 aromatic rings. The van der Waals surface area contributed by atoms with Gasteiger partial charge in [-0.2, -0.15) is 13.2 Å². The Balaban J connectivity index is 2.01. The number of phenolic OH excluding ortho intramolecular Hbond substituents is 1. The van der Waals surface area contributed by atoms with Crippen LogP contribution in [0.25, 0.3) is 22.0 Å². The number of hydrogen-bond donors (Lipinski definition) is 1. The van der Waals surface area contributed by atoms with Crippen molar-refractivity contribution in [3.8, 4) is 16.9 Å². The normalized spacial score (nSPS) is 11.8. The third kappa shape index (κ3) is 3.93. The van der Waals surface area contributed by atoms with Crippen LogP contribution in [0.5, 0.6) is 5.75 Å². The maximum atomic E-state index is 14.2. The van der Waals surface area contributed by atoms with Gasteiger partial charge in [-0.3, -0.25) is 4.98 Å². The Morgan fingerprint density at radius 1 is 0.871 bits per heavy atom. The maximum absolute atomic E-state index is 14.2. The Hall–Kier alpha value is -3.55. The summed E-state index contributed by atoms with van der Waals surface area (Å²) in [6.45, 7) is 0. The first-order valence-corrected chi connectivity index (χ1v) is 9.06. The van der Waals surface area contributed by atoms with Crippen molar-refractivity contribution in [1.29, 1.82) is 0 Å². The molecule has 0 unspecified atom stereocenters. The number of pyridine rings is 1. The number of phenols is 1. The summed E-state index contributed by atoms with van der Waals surface area (Å²) in [4.78, 5) is 3.93. The lowest BCUT2D eigenvalue weighted by Gasteiger charge is -2.17. The number of nitrogens with zero attached hydrogens (tertiary/aromatic N) is 1. The van der Waals surface area contributed by atoms with E-state index in [9.17, 15) is 31.4 Å². The maximum Gasteiger partial charge on any atom is 0.418 e. The van der Waals surface area contributed by atoms with Gasteiger partial charge < -0.3 is 5.11 Å².